The summed E-state index contributed by atoms with van der Waals surface area (Å²) in [6, 6.07) is 11.0. The first kappa shape index (κ1) is 20.5. The van der Waals surface area contributed by atoms with E-state index in [1.807, 2.05) is 19.2 Å². The standard InChI is InChI=1S/C22H18ClFN6O/c1-3-29-10-8-20(28-29)27-22-25-9-6-19(26-22)16-7-11-30(21(31)13-16)14(2)15-4-5-17(23)18(24)12-15/h4-13H,2-3H2,1H3,(H,25,26,27,28). The SMILES string of the molecule is C=C(c1ccc(Cl)c(F)c1)n1ccc(-c2ccnc(Nc3ccn(CC)n3)n2)cc1=O. The normalized spacial score (nSPS) is 10.8. The number of rotatable bonds is 6. The molecular weight excluding hydrogens is 419 g/mol. The van der Waals surface area contributed by atoms with E-state index in [2.05, 4.69) is 27.0 Å². The second-order valence-corrected chi connectivity index (χ2v) is 7.05. The number of anilines is 2. The summed E-state index contributed by atoms with van der Waals surface area (Å²) in [6.45, 7) is 6.66. The Morgan fingerprint density at radius 2 is 2.03 bits per heavy atom. The highest BCUT2D eigenvalue weighted by atomic mass is 35.5. The summed E-state index contributed by atoms with van der Waals surface area (Å²) in [5.41, 5.74) is 1.65. The molecule has 3 aromatic heterocycles. The van der Waals surface area contributed by atoms with Crippen LogP contribution >= 0.6 is 11.6 Å². The van der Waals surface area contributed by atoms with Crippen LogP contribution in [-0.2, 0) is 6.54 Å². The largest absolute Gasteiger partial charge is 0.307 e. The van der Waals surface area contributed by atoms with Crippen molar-refractivity contribution in [1.82, 2.24) is 24.3 Å². The molecule has 4 rings (SSSR count). The van der Waals surface area contributed by atoms with Gasteiger partial charge in [-0.15, -0.1) is 0 Å². The molecule has 7 nitrogen and oxygen atoms in total. The average molecular weight is 437 g/mol. The number of nitrogens with zero attached hydrogens (tertiary/aromatic N) is 5. The highest BCUT2D eigenvalue weighted by Crippen LogP contribution is 2.22. The lowest BCUT2D eigenvalue weighted by molar-refractivity contribution is 0.627. The van der Waals surface area contributed by atoms with Crippen LogP contribution in [0.2, 0.25) is 5.02 Å². The van der Waals surface area contributed by atoms with Gasteiger partial charge in [-0.3, -0.25) is 14.0 Å². The molecule has 0 amide bonds. The molecule has 1 N–H and O–H groups in total. The molecule has 0 saturated heterocycles. The fourth-order valence-corrected chi connectivity index (χ4v) is 3.09. The zero-order valence-corrected chi connectivity index (χ0v) is 17.3. The third kappa shape index (κ3) is 4.39. The summed E-state index contributed by atoms with van der Waals surface area (Å²) in [5.74, 6) is 0.416. The van der Waals surface area contributed by atoms with Crippen molar-refractivity contribution in [2.24, 2.45) is 0 Å². The summed E-state index contributed by atoms with van der Waals surface area (Å²) in [6.07, 6.45) is 5.03. The highest BCUT2D eigenvalue weighted by Gasteiger charge is 2.10. The summed E-state index contributed by atoms with van der Waals surface area (Å²) >= 11 is 5.73. The van der Waals surface area contributed by atoms with E-state index in [0.29, 0.717) is 34.3 Å². The Hall–Kier alpha value is -3.78. The van der Waals surface area contributed by atoms with Crippen LogP contribution in [0.3, 0.4) is 0 Å². The summed E-state index contributed by atoms with van der Waals surface area (Å²) in [5, 5.41) is 7.39. The lowest BCUT2D eigenvalue weighted by atomic mass is 10.1. The zero-order chi connectivity index (χ0) is 22.0. The van der Waals surface area contributed by atoms with Gasteiger partial charge in [0, 0.05) is 54.1 Å². The number of pyridine rings is 1. The molecular formula is C22H18ClFN6O. The maximum Gasteiger partial charge on any atom is 0.255 e. The molecule has 0 aliphatic carbocycles. The van der Waals surface area contributed by atoms with Crippen molar-refractivity contribution in [2.45, 2.75) is 13.5 Å². The van der Waals surface area contributed by atoms with E-state index in [0.717, 1.165) is 6.54 Å². The molecule has 0 atom stereocenters. The van der Waals surface area contributed by atoms with Gasteiger partial charge in [0.25, 0.3) is 5.56 Å². The van der Waals surface area contributed by atoms with Gasteiger partial charge >= 0.3 is 0 Å². The predicted octanol–water partition coefficient (Wildman–Crippen LogP) is 4.58. The molecule has 0 fully saturated rings. The Kier molecular flexibility index (Phi) is 5.64. The van der Waals surface area contributed by atoms with E-state index in [1.54, 1.807) is 35.3 Å². The van der Waals surface area contributed by atoms with Crippen LogP contribution in [0.1, 0.15) is 12.5 Å². The first-order chi connectivity index (χ1) is 14.9. The Balaban J connectivity index is 1.59. The molecule has 0 aliphatic rings. The van der Waals surface area contributed by atoms with Gasteiger partial charge in [0.15, 0.2) is 5.82 Å². The van der Waals surface area contributed by atoms with Crippen LogP contribution in [0.4, 0.5) is 16.2 Å². The van der Waals surface area contributed by atoms with E-state index < -0.39 is 5.82 Å². The number of hydrogen-bond donors (Lipinski definition) is 1. The highest BCUT2D eigenvalue weighted by molar-refractivity contribution is 6.30. The van der Waals surface area contributed by atoms with Crippen molar-refractivity contribution in [3.8, 4) is 11.3 Å². The monoisotopic (exact) mass is 436 g/mol. The number of benzene rings is 1. The number of hydrogen-bond acceptors (Lipinski definition) is 5. The van der Waals surface area contributed by atoms with Gasteiger partial charge in [0.05, 0.1) is 10.7 Å². The minimum atomic E-state index is -0.574. The number of nitrogens with one attached hydrogen (secondary N) is 1. The first-order valence-corrected chi connectivity index (χ1v) is 9.83. The molecule has 0 spiro atoms. The fraction of sp³-hybridized carbons (Fsp3) is 0.0909. The predicted molar refractivity (Wildman–Crippen MR) is 119 cm³/mol. The maximum atomic E-state index is 13.8. The number of aromatic nitrogens is 5. The van der Waals surface area contributed by atoms with Gasteiger partial charge in [-0.2, -0.15) is 5.10 Å². The van der Waals surface area contributed by atoms with Crippen molar-refractivity contribution in [3.05, 3.63) is 94.4 Å². The maximum absolute atomic E-state index is 13.8. The zero-order valence-electron chi connectivity index (χ0n) is 16.6. The van der Waals surface area contributed by atoms with E-state index in [1.165, 1.54) is 22.8 Å². The Morgan fingerprint density at radius 1 is 1.19 bits per heavy atom. The van der Waals surface area contributed by atoms with Crippen LogP contribution < -0.4 is 10.9 Å². The number of aryl methyl sites for hydroxylation is 1. The minimum absolute atomic E-state index is 0.00822. The van der Waals surface area contributed by atoms with Crippen LogP contribution in [0.25, 0.3) is 17.0 Å². The van der Waals surface area contributed by atoms with E-state index in [9.17, 15) is 9.18 Å². The number of halogens is 2. The molecule has 9 heteroatoms. The Labute approximate surface area is 182 Å². The minimum Gasteiger partial charge on any atom is -0.307 e. The molecule has 0 saturated carbocycles. The van der Waals surface area contributed by atoms with Gasteiger partial charge < -0.3 is 5.32 Å². The van der Waals surface area contributed by atoms with Crippen molar-refractivity contribution < 1.29 is 4.39 Å². The molecule has 4 aromatic rings. The first-order valence-electron chi connectivity index (χ1n) is 9.46. The average Bonchev–Trinajstić information content (AvgIpc) is 3.23. The van der Waals surface area contributed by atoms with E-state index in [-0.39, 0.29) is 10.6 Å². The summed E-state index contributed by atoms with van der Waals surface area (Å²) in [4.78, 5) is 21.4. The van der Waals surface area contributed by atoms with Crippen LogP contribution in [-0.4, -0.2) is 24.3 Å². The molecule has 0 bridgehead atoms. The van der Waals surface area contributed by atoms with E-state index >= 15 is 0 Å². The molecule has 3 heterocycles. The van der Waals surface area contributed by atoms with Gasteiger partial charge in [0.2, 0.25) is 5.95 Å². The third-order valence-electron chi connectivity index (χ3n) is 4.62. The quantitative estimate of drug-likeness (QED) is 0.478. The Morgan fingerprint density at radius 3 is 2.74 bits per heavy atom. The lowest BCUT2D eigenvalue weighted by Gasteiger charge is -2.11. The molecule has 31 heavy (non-hydrogen) atoms. The lowest BCUT2D eigenvalue weighted by Crippen LogP contribution is -2.18. The smallest absolute Gasteiger partial charge is 0.255 e. The van der Waals surface area contributed by atoms with Gasteiger partial charge in [-0.1, -0.05) is 24.2 Å². The molecule has 156 valence electrons. The van der Waals surface area contributed by atoms with Crippen LogP contribution in [0.15, 0.2) is 72.4 Å². The van der Waals surface area contributed by atoms with Crippen molar-refractivity contribution in [2.75, 3.05) is 5.32 Å². The van der Waals surface area contributed by atoms with Gasteiger partial charge in [-0.25, -0.2) is 14.4 Å². The summed E-state index contributed by atoms with van der Waals surface area (Å²) in [7, 11) is 0. The fourth-order valence-electron chi connectivity index (χ4n) is 2.97. The third-order valence-corrected chi connectivity index (χ3v) is 4.93. The van der Waals surface area contributed by atoms with Gasteiger partial charge in [-0.05, 0) is 31.2 Å². The second-order valence-electron chi connectivity index (χ2n) is 6.65. The van der Waals surface area contributed by atoms with Crippen molar-refractivity contribution >= 4 is 29.1 Å². The topological polar surface area (TPSA) is 77.6 Å². The Bertz CT molecular complexity index is 1330. The van der Waals surface area contributed by atoms with Crippen LogP contribution in [0.5, 0.6) is 0 Å². The van der Waals surface area contributed by atoms with Crippen molar-refractivity contribution in [1.29, 1.82) is 0 Å². The van der Waals surface area contributed by atoms with Gasteiger partial charge in [0.1, 0.15) is 5.82 Å². The second kappa shape index (κ2) is 8.53. The summed E-state index contributed by atoms with van der Waals surface area (Å²) < 4.78 is 16.9. The molecule has 0 unspecified atom stereocenters. The van der Waals surface area contributed by atoms with Crippen LogP contribution in [0, 0.1) is 5.82 Å². The van der Waals surface area contributed by atoms with E-state index in [4.69, 9.17) is 11.6 Å². The molecule has 0 aliphatic heterocycles. The molecule has 1 aromatic carbocycles. The van der Waals surface area contributed by atoms with Crippen molar-refractivity contribution in [3.63, 3.8) is 0 Å². The molecule has 0 radical (unpaired) electrons.